The summed E-state index contributed by atoms with van der Waals surface area (Å²) >= 11 is 1.69. The molecule has 0 aliphatic carbocycles. The summed E-state index contributed by atoms with van der Waals surface area (Å²) in [4.78, 5) is 13.4. The summed E-state index contributed by atoms with van der Waals surface area (Å²) in [5.74, 6) is 1.15. The number of aromatic nitrogens is 1. The van der Waals surface area contributed by atoms with Gasteiger partial charge in [0.2, 0.25) is 5.91 Å². The lowest BCUT2D eigenvalue weighted by Crippen LogP contribution is -2.11. The summed E-state index contributed by atoms with van der Waals surface area (Å²) in [5, 5.41) is 3.81. The molecule has 0 saturated carbocycles. The first-order chi connectivity index (χ1) is 17.2. The number of hydrogen-bond acceptors (Lipinski definition) is 3. The van der Waals surface area contributed by atoms with Crippen LogP contribution in [0.5, 0.6) is 11.5 Å². The van der Waals surface area contributed by atoms with E-state index in [4.69, 9.17) is 10.5 Å². The zero-order valence-corrected chi connectivity index (χ0v) is 19.6. The number of ether oxygens (including phenoxy) is 1. The first kappa shape index (κ1) is 21.2. The highest BCUT2D eigenvalue weighted by molar-refractivity contribution is 7.13. The fourth-order valence-electron chi connectivity index (χ4n) is 4.49. The summed E-state index contributed by atoms with van der Waals surface area (Å²) in [6.07, 6.45) is 0. The van der Waals surface area contributed by atoms with Crippen molar-refractivity contribution in [3.05, 3.63) is 120 Å². The molecule has 2 N–H and O–H groups in total. The van der Waals surface area contributed by atoms with Gasteiger partial charge in [0.05, 0.1) is 11.0 Å². The number of rotatable bonds is 6. The Hall–Kier alpha value is -4.35. The molecule has 0 saturated heterocycles. The normalized spacial score (nSPS) is 11.2. The molecule has 0 aliphatic heterocycles. The van der Waals surface area contributed by atoms with Crippen LogP contribution >= 0.6 is 11.3 Å². The van der Waals surface area contributed by atoms with Gasteiger partial charge in [0.15, 0.2) is 0 Å². The van der Waals surface area contributed by atoms with Crippen molar-refractivity contribution in [1.29, 1.82) is 0 Å². The van der Waals surface area contributed by atoms with Crippen LogP contribution in [0.4, 0.5) is 0 Å². The zero-order valence-electron chi connectivity index (χ0n) is 18.8. The Morgan fingerprint density at radius 3 is 2.43 bits per heavy atom. The molecule has 1 radical (unpaired) electrons. The number of amides is 1. The number of carbonyl (C=O) groups excluding carboxylic acids is 1. The Morgan fingerprint density at radius 2 is 1.69 bits per heavy atom. The minimum Gasteiger partial charge on any atom is -0.457 e. The maximum Gasteiger partial charge on any atom is 0.249 e. The fourth-order valence-corrected chi connectivity index (χ4v) is 5.20. The molecule has 0 aliphatic rings. The van der Waals surface area contributed by atoms with Crippen molar-refractivity contribution in [2.45, 2.75) is 6.54 Å². The lowest BCUT2D eigenvalue weighted by Gasteiger charge is -2.10. The standard InChI is InChI=1S/C30H21N2O2S/c31-30(33)25-8-4-9-26-29(25)24-16-13-21(28-10-5-17-35-28)18-27(24)32(26)19-20-11-14-23(15-12-20)34-22-6-2-1-3-7-22/h1-15,17-18H,19H2,(H2,31,33). The minimum atomic E-state index is -0.437. The summed E-state index contributed by atoms with van der Waals surface area (Å²) in [6, 6.07) is 35.3. The lowest BCUT2D eigenvalue weighted by atomic mass is 10.0. The van der Waals surface area contributed by atoms with Crippen LogP contribution in [0.2, 0.25) is 0 Å². The van der Waals surface area contributed by atoms with E-state index < -0.39 is 5.91 Å². The molecule has 4 aromatic carbocycles. The van der Waals surface area contributed by atoms with Crippen molar-refractivity contribution in [3.63, 3.8) is 0 Å². The number of carbonyl (C=O) groups is 1. The summed E-state index contributed by atoms with van der Waals surface area (Å²) < 4.78 is 8.18. The van der Waals surface area contributed by atoms with Gasteiger partial charge in [-0.15, -0.1) is 11.3 Å². The van der Waals surface area contributed by atoms with Gasteiger partial charge in [0, 0.05) is 27.8 Å². The number of thiophene rings is 1. The van der Waals surface area contributed by atoms with Gasteiger partial charge < -0.3 is 15.0 Å². The second-order valence-electron chi connectivity index (χ2n) is 8.34. The van der Waals surface area contributed by atoms with E-state index in [0.717, 1.165) is 44.4 Å². The molecule has 6 aromatic rings. The third-order valence-electron chi connectivity index (χ3n) is 6.11. The van der Waals surface area contributed by atoms with Gasteiger partial charge in [-0.3, -0.25) is 4.79 Å². The molecule has 1 amide bonds. The van der Waals surface area contributed by atoms with Crippen molar-refractivity contribution in [1.82, 2.24) is 4.57 Å². The molecule has 0 spiro atoms. The molecule has 2 aromatic heterocycles. The maximum absolute atomic E-state index is 12.3. The van der Waals surface area contributed by atoms with E-state index in [1.54, 1.807) is 17.4 Å². The molecule has 5 heteroatoms. The molecule has 6 rings (SSSR count). The monoisotopic (exact) mass is 473 g/mol. The highest BCUT2D eigenvalue weighted by atomic mass is 32.1. The molecule has 2 heterocycles. The van der Waals surface area contributed by atoms with Crippen molar-refractivity contribution >= 4 is 39.0 Å². The van der Waals surface area contributed by atoms with Crippen molar-refractivity contribution in [2.24, 2.45) is 5.73 Å². The number of nitrogens with zero attached hydrogens (tertiary/aromatic N) is 1. The molecule has 35 heavy (non-hydrogen) atoms. The van der Waals surface area contributed by atoms with Gasteiger partial charge in [-0.25, -0.2) is 0 Å². The quantitative estimate of drug-likeness (QED) is 0.277. The Labute approximate surface area is 206 Å². The average Bonchev–Trinajstić information content (AvgIpc) is 3.53. The van der Waals surface area contributed by atoms with Crippen molar-refractivity contribution in [3.8, 4) is 21.9 Å². The maximum atomic E-state index is 12.3. The van der Waals surface area contributed by atoms with E-state index in [0.29, 0.717) is 12.1 Å². The van der Waals surface area contributed by atoms with Gasteiger partial charge in [0.25, 0.3) is 0 Å². The number of primary amides is 1. The van der Waals surface area contributed by atoms with Gasteiger partial charge in [-0.1, -0.05) is 42.5 Å². The first-order valence-electron chi connectivity index (χ1n) is 11.3. The molecular weight excluding hydrogens is 452 g/mol. The van der Waals surface area contributed by atoms with Crippen molar-refractivity contribution < 1.29 is 9.53 Å². The van der Waals surface area contributed by atoms with Crippen LogP contribution in [-0.4, -0.2) is 10.5 Å². The third kappa shape index (κ3) is 3.96. The van der Waals surface area contributed by atoms with Crippen LogP contribution in [0.25, 0.3) is 32.2 Å². The van der Waals surface area contributed by atoms with E-state index in [1.165, 1.54) is 4.88 Å². The fraction of sp³-hybridized carbons (Fsp3) is 0.0333. The topological polar surface area (TPSA) is 57.2 Å². The Balaban J connectivity index is 1.45. The highest BCUT2D eigenvalue weighted by Crippen LogP contribution is 2.36. The number of benzene rings is 4. The van der Waals surface area contributed by atoms with E-state index in [2.05, 4.69) is 40.3 Å². The highest BCUT2D eigenvalue weighted by Gasteiger charge is 2.17. The van der Waals surface area contributed by atoms with E-state index in [9.17, 15) is 4.79 Å². The van der Waals surface area contributed by atoms with Crippen LogP contribution in [0.3, 0.4) is 0 Å². The van der Waals surface area contributed by atoms with Crippen LogP contribution in [-0.2, 0) is 6.54 Å². The second kappa shape index (κ2) is 8.78. The zero-order chi connectivity index (χ0) is 23.8. The van der Waals surface area contributed by atoms with Crippen LogP contribution in [0, 0.1) is 6.07 Å². The van der Waals surface area contributed by atoms with Gasteiger partial charge in [-0.05, 0) is 77.2 Å². The Morgan fingerprint density at radius 1 is 0.886 bits per heavy atom. The molecule has 0 atom stereocenters. The first-order valence-corrected chi connectivity index (χ1v) is 12.2. The van der Waals surface area contributed by atoms with Gasteiger partial charge in [0.1, 0.15) is 11.5 Å². The molecule has 0 fully saturated rings. The molecule has 169 valence electrons. The molecule has 0 bridgehead atoms. The predicted molar refractivity (Wildman–Crippen MR) is 142 cm³/mol. The van der Waals surface area contributed by atoms with Crippen LogP contribution in [0.1, 0.15) is 15.9 Å². The summed E-state index contributed by atoms with van der Waals surface area (Å²) in [7, 11) is 0. The summed E-state index contributed by atoms with van der Waals surface area (Å²) in [5.41, 5.74) is 10.5. The number of fused-ring (bicyclic) bond motifs is 3. The molecular formula is C30H21N2O2S. The minimum absolute atomic E-state index is 0.437. The number of hydrogen-bond donors (Lipinski definition) is 1. The SMILES string of the molecule is NC(=O)c1cccc2c1c1[c]cc(-c3cccs3)cc1n2Cc1ccc(Oc2ccccc2)cc1. The van der Waals surface area contributed by atoms with Crippen LogP contribution < -0.4 is 10.5 Å². The second-order valence-corrected chi connectivity index (χ2v) is 9.28. The number of nitrogens with two attached hydrogens (primary N) is 1. The smallest absolute Gasteiger partial charge is 0.249 e. The van der Waals surface area contributed by atoms with Gasteiger partial charge >= 0.3 is 0 Å². The van der Waals surface area contributed by atoms with E-state index in [1.807, 2.05) is 66.7 Å². The molecule has 4 nitrogen and oxygen atoms in total. The van der Waals surface area contributed by atoms with Gasteiger partial charge in [-0.2, -0.15) is 0 Å². The lowest BCUT2D eigenvalue weighted by molar-refractivity contribution is 0.100. The van der Waals surface area contributed by atoms with E-state index in [-0.39, 0.29) is 0 Å². The van der Waals surface area contributed by atoms with Crippen molar-refractivity contribution in [2.75, 3.05) is 0 Å². The summed E-state index contributed by atoms with van der Waals surface area (Å²) in [6.45, 7) is 0.634. The third-order valence-corrected chi connectivity index (χ3v) is 7.03. The average molecular weight is 474 g/mol. The predicted octanol–water partition coefficient (Wildman–Crippen LogP) is 7.26. The Kier molecular flexibility index (Phi) is 5.32. The molecule has 0 unspecified atom stereocenters. The van der Waals surface area contributed by atoms with Crippen LogP contribution in [0.15, 0.2) is 102 Å². The largest absolute Gasteiger partial charge is 0.457 e. The Bertz CT molecular complexity index is 1650. The van der Waals surface area contributed by atoms with E-state index >= 15 is 0 Å². The number of para-hydroxylation sites is 1.